The smallest absolute Gasteiger partial charge is 0.271 e. The summed E-state index contributed by atoms with van der Waals surface area (Å²) >= 11 is 13.3. The van der Waals surface area contributed by atoms with Gasteiger partial charge in [0.25, 0.3) is 11.5 Å². The van der Waals surface area contributed by atoms with Crippen LogP contribution in [0.2, 0.25) is 10.0 Å². The highest BCUT2D eigenvalue weighted by Crippen LogP contribution is 2.26. The normalized spacial score (nSPS) is 12.3. The number of carbonyl (C=O) groups is 1. The van der Waals surface area contributed by atoms with Crippen molar-refractivity contribution in [1.29, 1.82) is 0 Å². The Hall–Kier alpha value is -1.89. The van der Waals surface area contributed by atoms with E-state index in [0.717, 1.165) is 0 Å². The Labute approximate surface area is 145 Å². The molecule has 3 rings (SSSR count). The topological polar surface area (TPSA) is 63.5 Å². The molecule has 0 bridgehead atoms. The van der Waals surface area contributed by atoms with Gasteiger partial charge in [-0.25, -0.2) is 4.98 Å². The molecule has 1 atom stereocenters. The van der Waals surface area contributed by atoms with E-state index in [4.69, 9.17) is 23.2 Å². The lowest BCUT2D eigenvalue weighted by Gasteiger charge is -2.15. The summed E-state index contributed by atoms with van der Waals surface area (Å²) in [5.74, 6) is -0.499. The summed E-state index contributed by atoms with van der Waals surface area (Å²) in [4.78, 5) is 29.3. The maximum absolute atomic E-state index is 12.4. The third kappa shape index (κ3) is 3.10. The number of fused-ring (bicyclic) bond motifs is 1. The molecule has 23 heavy (non-hydrogen) atoms. The quantitative estimate of drug-likeness (QED) is 0.769. The lowest BCUT2D eigenvalue weighted by Crippen LogP contribution is -2.33. The molecule has 0 saturated carbocycles. The number of aromatic nitrogens is 2. The molecule has 3 aromatic rings. The van der Waals surface area contributed by atoms with Crippen LogP contribution in [0.3, 0.4) is 0 Å². The van der Waals surface area contributed by atoms with Crippen LogP contribution in [0.15, 0.2) is 40.8 Å². The highest BCUT2D eigenvalue weighted by Gasteiger charge is 2.18. The zero-order chi connectivity index (χ0) is 16.6. The van der Waals surface area contributed by atoms with Gasteiger partial charge in [0.15, 0.2) is 4.96 Å². The predicted octanol–water partition coefficient (Wildman–Crippen LogP) is 3.55. The molecular weight excluding hydrogens is 357 g/mol. The van der Waals surface area contributed by atoms with Crippen LogP contribution < -0.4 is 10.9 Å². The summed E-state index contributed by atoms with van der Waals surface area (Å²) in [6.07, 6.45) is 2.88. The van der Waals surface area contributed by atoms with Crippen molar-refractivity contribution < 1.29 is 4.79 Å². The number of thiazole rings is 1. The first-order chi connectivity index (χ1) is 11.0. The number of benzene rings is 1. The van der Waals surface area contributed by atoms with E-state index in [2.05, 4.69) is 10.3 Å². The van der Waals surface area contributed by atoms with Gasteiger partial charge in [0.2, 0.25) is 0 Å². The average Bonchev–Trinajstić information content (AvgIpc) is 2.96. The number of halogens is 2. The van der Waals surface area contributed by atoms with E-state index in [9.17, 15) is 9.59 Å². The molecule has 0 aliphatic carbocycles. The van der Waals surface area contributed by atoms with E-state index in [1.807, 2.05) is 0 Å². The Morgan fingerprint density at radius 1 is 1.39 bits per heavy atom. The third-order valence-corrected chi connectivity index (χ3v) is 4.70. The van der Waals surface area contributed by atoms with Gasteiger partial charge in [0.05, 0.1) is 6.04 Å². The molecule has 1 N–H and O–H groups in total. The number of rotatable bonds is 3. The molecule has 5 nitrogen and oxygen atoms in total. The van der Waals surface area contributed by atoms with Crippen molar-refractivity contribution in [3.63, 3.8) is 0 Å². The van der Waals surface area contributed by atoms with Crippen LogP contribution in [0, 0.1) is 0 Å². The van der Waals surface area contributed by atoms with E-state index in [-0.39, 0.29) is 11.6 Å². The standard InChI is InChI=1S/C15H11Cl2N3O2S/c1-8(10-3-2-9(16)6-12(10)17)19-13(21)11-7-18-15-20(14(11)22)4-5-23-15/h2-8H,1H3,(H,19,21). The molecule has 0 fully saturated rings. The summed E-state index contributed by atoms with van der Waals surface area (Å²) in [5.41, 5.74) is 0.301. The van der Waals surface area contributed by atoms with Crippen LogP contribution in [0.1, 0.15) is 28.9 Å². The van der Waals surface area contributed by atoms with Gasteiger partial charge in [-0.05, 0) is 24.6 Å². The Kier molecular flexibility index (Phi) is 4.39. The average molecular weight is 368 g/mol. The van der Waals surface area contributed by atoms with E-state index >= 15 is 0 Å². The number of nitrogens with zero attached hydrogens (tertiary/aromatic N) is 2. The van der Waals surface area contributed by atoms with Crippen LogP contribution in [0.4, 0.5) is 0 Å². The first kappa shape index (κ1) is 16.0. The molecule has 0 aliphatic heterocycles. The van der Waals surface area contributed by atoms with Gasteiger partial charge < -0.3 is 5.32 Å². The fraction of sp³-hybridized carbons (Fsp3) is 0.133. The van der Waals surface area contributed by atoms with Gasteiger partial charge >= 0.3 is 0 Å². The van der Waals surface area contributed by atoms with E-state index in [1.165, 1.54) is 21.9 Å². The Bertz CT molecular complexity index is 951. The Balaban J connectivity index is 1.88. The summed E-state index contributed by atoms with van der Waals surface area (Å²) in [6, 6.07) is 4.66. The van der Waals surface area contributed by atoms with Crippen molar-refractivity contribution >= 4 is 45.4 Å². The van der Waals surface area contributed by atoms with Crippen molar-refractivity contribution in [3.8, 4) is 0 Å². The summed E-state index contributed by atoms with van der Waals surface area (Å²) in [5, 5.41) is 5.46. The Morgan fingerprint density at radius 3 is 2.91 bits per heavy atom. The van der Waals surface area contributed by atoms with E-state index < -0.39 is 11.5 Å². The minimum Gasteiger partial charge on any atom is -0.345 e. The maximum atomic E-state index is 12.4. The fourth-order valence-electron chi connectivity index (χ4n) is 2.19. The molecule has 2 aromatic heterocycles. The molecule has 0 saturated heterocycles. The van der Waals surface area contributed by atoms with Gasteiger partial charge in [-0.1, -0.05) is 29.3 Å². The number of hydrogen-bond donors (Lipinski definition) is 1. The molecule has 1 unspecified atom stereocenters. The molecule has 1 amide bonds. The van der Waals surface area contributed by atoms with Gasteiger partial charge in [-0.2, -0.15) is 0 Å². The molecule has 0 aliphatic rings. The van der Waals surface area contributed by atoms with Gasteiger partial charge in [0, 0.05) is 27.8 Å². The van der Waals surface area contributed by atoms with Gasteiger partial charge in [-0.15, -0.1) is 11.3 Å². The van der Waals surface area contributed by atoms with Crippen molar-refractivity contribution in [2.45, 2.75) is 13.0 Å². The fourth-order valence-corrected chi connectivity index (χ4v) is 3.43. The van der Waals surface area contributed by atoms with Crippen LogP contribution in [0.25, 0.3) is 4.96 Å². The Morgan fingerprint density at radius 2 is 2.17 bits per heavy atom. The lowest BCUT2D eigenvalue weighted by atomic mass is 10.1. The van der Waals surface area contributed by atoms with Gasteiger partial charge in [0.1, 0.15) is 5.56 Å². The lowest BCUT2D eigenvalue weighted by molar-refractivity contribution is 0.0938. The number of amides is 1. The van der Waals surface area contributed by atoms with E-state index in [0.29, 0.717) is 20.6 Å². The molecular formula is C15H11Cl2N3O2S. The second kappa shape index (κ2) is 6.31. The first-order valence-corrected chi connectivity index (χ1v) is 8.31. The highest BCUT2D eigenvalue weighted by atomic mass is 35.5. The summed E-state index contributed by atoms with van der Waals surface area (Å²) in [7, 11) is 0. The highest BCUT2D eigenvalue weighted by molar-refractivity contribution is 7.15. The van der Waals surface area contributed by atoms with Crippen LogP contribution in [-0.4, -0.2) is 15.3 Å². The molecule has 0 radical (unpaired) electrons. The van der Waals surface area contributed by atoms with Crippen LogP contribution in [-0.2, 0) is 0 Å². The minimum atomic E-state index is -0.499. The molecule has 118 valence electrons. The minimum absolute atomic E-state index is 0.0159. The van der Waals surface area contributed by atoms with Gasteiger partial charge in [-0.3, -0.25) is 14.0 Å². The predicted molar refractivity (Wildman–Crippen MR) is 91.7 cm³/mol. The second-order valence-electron chi connectivity index (χ2n) is 4.89. The van der Waals surface area contributed by atoms with Crippen molar-refractivity contribution in [1.82, 2.24) is 14.7 Å². The summed E-state index contributed by atoms with van der Waals surface area (Å²) in [6.45, 7) is 1.78. The monoisotopic (exact) mass is 367 g/mol. The second-order valence-corrected chi connectivity index (χ2v) is 6.61. The van der Waals surface area contributed by atoms with Crippen molar-refractivity contribution in [3.05, 3.63) is 67.5 Å². The maximum Gasteiger partial charge on any atom is 0.271 e. The zero-order valence-electron chi connectivity index (χ0n) is 11.9. The zero-order valence-corrected chi connectivity index (χ0v) is 14.2. The molecule has 2 heterocycles. The molecule has 0 spiro atoms. The number of nitrogens with one attached hydrogen (secondary N) is 1. The van der Waals surface area contributed by atoms with Crippen molar-refractivity contribution in [2.75, 3.05) is 0 Å². The third-order valence-electron chi connectivity index (χ3n) is 3.36. The first-order valence-electron chi connectivity index (χ1n) is 6.68. The number of carbonyl (C=O) groups excluding carboxylic acids is 1. The molecule has 1 aromatic carbocycles. The molecule has 8 heteroatoms. The SMILES string of the molecule is CC(NC(=O)c1cnc2sccn2c1=O)c1ccc(Cl)cc1Cl. The largest absolute Gasteiger partial charge is 0.345 e. The van der Waals surface area contributed by atoms with Crippen LogP contribution in [0.5, 0.6) is 0 Å². The number of hydrogen-bond acceptors (Lipinski definition) is 4. The summed E-state index contributed by atoms with van der Waals surface area (Å²) < 4.78 is 1.35. The van der Waals surface area contributed by atoms with Crippen molar-refractivity contribution in [2.24, 2.45) is 0 Å². The van der Waals surface area contributed by atoms with Crippen LogP contribution >= 0.6 is 34.5 Å². The van der Waals surface area contributed by atoms with E-state index in [1.54, 1.807) is 36.7 Å².